The van der Waals surface area contributed by atoms with Crippen molar-refractivity contribution >= 4 is 6.21 Å². The number of hydrogen-bond donors (Lipinski definition) is 0. The van der Waals surface area contributed by atoms with E-state index in [9.17, 15) is 0 Å². The first-order chi connectivity index (χ1) is 5.47. The second-order valence-electron chi connectivity index (χ2n) is 2.19. The molecule has 1 aliphatic heterocycles. The van der Waals surface area contributed by atoms with Gasteiger partial charge in [-0.2, -0.15) is 0 Å². The summed E-state index contributed by atoms with van der Waals surface area (Å²) in [5.74, 6) is 0. The first-order valence-corrected chi connectivity index (χ1v) is 3.33. The number of hydrogen-bond acceptors (Lipinski definition) is 3. The van der Waals surface area contributed by atoms with Crippen LogP contribution in [0.3, 0.4) is 0 Å². The average Bonchev–Trinajstić information content (AvgIpc) is 2.58. The van der Waals surface area contributed by atoms with Crippen LogP contribution in [0.1, 0.15) is 5.56 Å². The van der Waals surface area contributed by atoms with Gasteiger partial charge in [0.15, 0.2) is 6.04 Å². The summed E-state index contributed by atoms with van der Waals surface area (Å²) in [6.07, 6.45) is 1.65. The van der Waals surface area contributed by atoms with Crippen molar-refractivity contribution in [2.75, 3.05) is 0 Å². The van der Waals surface area contributed by atoms with Crippen molar-refractivity contribution in [2.45, 2.75) is 0 Å². The number of nitrogens with zero attached hydrogens (tertiary/aromatic N) is 3. The molecule has 0 fully saturated rings. The summed E-state index contributed by atoms with van der Waals surface area (Å²) in [5, 5.41) is 11.0. The zero-order valence-corrected chi connectivity index (χ0v) is 5.81. The van der Waals surface area contributed by atoms with E-state index in [0.29, 0.717) is 0 Å². The Morgan fingerprint density at radius 3 is 2.45 bits per heavy atom. The molecular weight excluding hydrogens is 138 g/mol. The van der Waals surface area contributed by atoms with Gasteiger partial charge in [0.25, 0.3) is 0 Å². The quantitative estimate of drug-likeness (QED) is 0.578. The lowest BCUT2D eigenvalue weighted by Gasteiger charge is -1.97. The van der Waals surface area contributed by atoms with E-state index < -0.39 is 0 Å². The van der Waals surface area contributed by atoms with Gasteiger partial charge in [0.1, 0.15) is 0 Å². The van der Waals surface area contributed by atoms with Gasteiger partial charge >= 0.3 is 0 Å². The highest BCUT2D eigenvalue weighted by molar-refractivity contribution is 5.80. The van der Waals surface area contributed by atoms with Crippen molar-refractivity contribution in [1.82, 2.24) is 0 Å². The minimum atomic E-state index is 0.825. The highest BCUT2D eigenvalue weighted by Crippen LogP contribution is 2.17. The maximum Gasteiger partial charge on any atom is 0.182 e. The van der Waals surface area contributed by atoms with E-state index in [1.165, 1.54) is 0 Å². The zero-order valence-electron chi connectivity index (χ0n) is 5.81. The van der Waals surface area contributed by atoms with Gasteiger partial charge in [-0.3, -0.25) is 0 Å². The van der Waals surface area contributed by atoms with Gasteiger partial charge in [-0.25, -0.2) is 0 Å². The van der Waals surface area contributed by atoms with Gasteiger partial charge in [0, 0.05) is 0 Å². The third-order valence-electron chi connectivity index (χ3n) is 1.45. The highest BCUT2D eigenvalue weighted by atomic mass is 15.4. The predicted molar refractivity (Wildman–Crippen MR) is 42.1 cm³/mol. The van der Waals surface area contributed by atoms with Crippen LogP contribution >= 0.6 is 0 Å². The predicted octanol–water partition coefficient (Wildman–Crippen LogP) is 2.02. The Bertz CT molecular complexity index is 277. The van der Waals surface area contributed by atoms with E-state index >= 15 is 0 Å². The second-order valence-corrected chi connectivity index (χ2v) is 2.19. The minimum absolute atomic E-state index is 0.825. The van der Waals surface area contributed by atoms with Crippen LogP contribution in [0.5, 0.6) is 0 Å². The summed E-state index contributed by atoms with van der Waals surface area (Å²) in [6.45, 7) is 0. The molecule has 3 heteroatoms. The lowest BCUT2D eigenvalue weighted by molar-refractivity contribution is 1.05. The Labute approximate surface area is 64.5 Å². The first-order valence-electron chi connectivity index (χ1n) is 3.33. The number of rotatable bonds is 1. The highest BCUT2D eigenvalue weighted by Gasteiger charge is 2.10. The van der Waals surface area contributed by atoms with E-state index in [4.69, 9.17) is 0 Å². The Kier molecular flexibility index (Phi) is 1.48. The molecule has 53 valence electrons. The van der Waals surface area contributed by atoms with Crippen molar-refractivity contribution in [3.63, 3.8) is 0 Å². The molecule has 0 saturated carbocycles. The van der Waals surface area contributed by atoms with Crippen molar-refractivity contribution in [1.29, 1.82) is 0 Å². The smallest absolute Gasteiger partial charge is 0.148 e. The summed E-state index contributed by atoms with van der Waals surface area (Å²) in [6, 6.07) is 10.7. The monoisotopic (exact) mass is 144 g/mol. The molecule has 1 aromatic rings. The fourth-order valence-electron chi connectivity index (χ4n) is 0.922. The van der Waals surface area contributed by atoms with Crippen LogP contribution < -0.4 is 0 Å². The van der Waals surface area contributed by atoms with E-state index in [0.717, 1.165) is 11.6 Å². The molecule has 0 aromatic heterocycles. The minimum Gasteiger partial charge on any atom is -0.148 e. The molecule has 0 atom stereocenters. The molecule has 1 aromatic carbocycles. The topological polar surface area (TPSA) is 37.1 Å². The summed E-state index contributed by atoms with van der Waals surface area (Å²) >= 11 is 0. The molecule has 0 spiro atoms. The molecule has 0 amide bonds. The maximum absolute atomic E-state index is 3.83. The molecule has 1 aliphatic rings. The Morgan fingerprint density at radius 1 is 1.00 bits per heavy atom. The van der Waals surface area contributed by atoms with Crippen molar-refractivity contribution in [2.24, 2.45) is 15.4 Å². The van der Waals surface area contributed by atoms with Crippen molar-refractivity contribution < 1.29 is 0 Å². The van der Waals surface area contributed by atoms with E-state index in [1.807, 2.05) is 30.3 Å². The molecule has 0 aliphatic carbocycles. The van der Waals surface area contributed by atoms with Crippen LogP contribution in [-0.4, -0.2) is 6.21 Å². The Balaban J connectivity index is 2.30. The lowest BCUT2D eigenvalue weighted by Crippen LogP contribution is -1.92. The second kappa shape index (κ2) is 2.62. The summed E-state index contributed by atoms with van der Waals surface area (Å²) in [4.78, 5) is 0. The van der Waals surface area contributed by atoms with Crippen LogP contribution in [0.4, 0.5) is 0 Å². The largest absolute Gasteiger partial charge is 0.182 e. The van der Waals surface area contributed by atoms with Crippen LogP contribution in [0, 0.1) is 6.04 Å². The molecule has 0 unspecified atom stereocenters. The van der Waals surface area contributed by atoms with Crippen LogP contribution in [-0.2, 0) is 0 Å². The standard InChI is InChI=1S/C8H6N3/c1-2-4-7(5-3-1)8-6-9-11-10-8/h1-6H. The van der Waals surface area contributed by atoms with Crippen molar-refractivity contribution in [3.8, 4) is 0 Å². The average molecular weight is 144 g/mol. The summed E-state index contributed by atoms with van der Waals surface area (Å²) in [5.41, 5.74) is 1.05. The third-order valence-corrected chi connectivity index (χ3v) is 1.45. The van der Waals surface area contributed by atoms with Gasteiger partial charge < -0.3 is 0 Å². The fourth-order valence-corrected chi connectivity index (χ4v) is 0.922. The van der Waals surface area contributed by atoms with Gasteiger partial charge in [-0.05, 0) is 10.8 Å². The Hall–Kier alpha value is -1.51. The molecule has 3 nitrogen and oxygen atoms in total. The lowest BCUT2D eigenvalue weighted by atomic mass is 10.1. The Morgan fingerprint density at radius 2 is 1.82 bits per heavy atom. The number of benzene rings is 1. The van der Waals surface area contributed by atoms with E-state index in [-0.39, 0.29) is 0 Å². The van der Waals surface area contributed by atoms with Crippen LogP contribution in [0.2, 0.25) is 0 Å². The molecule has 2 rings (SSSR count). The van der Waals surface area contributed by atoms with Crippen molar-refractivity contribution in [3.05, 3.63) is 41.9 Å². The molecule has 0 saturated heterocycles. The van der Waals surface area contributed by atoms with Crippen LogP contribution in [0.25, 0.3) is 0 Å². The molecule has 0 N–H and O–H groups in total. The fraction of sp³-hybridized carbons (Fsp3) is 0. The van der Waals surface area contributed by atoms with E-state index in [2.05, 4.69) is 15.4 Å². The molecule has 1 heterocycles. The summed E-state index contributed by atoms with van der Waals surface area (Å²) < 4.78 is 0. The zero-order chi connectivity index (χ0) is 7.52. The normalized spacial score (nSPS) is 16.0. The van der Waals surface area contributed by atoms with Gasteiger partial charge in [0.05, 0.1) is 6.21 Å². The molecular formula is C8H6N3. The van der Waals surface area contributed by atoms with Crippen LogP contribution in [0.15, 0.2) is 45.8 Å². The molecule has 0 bridgehead atoms. The molecule has 11 heavy (non-hydrogen) atoms. The SMILES string of the molecule is C1=NN=N[C]1c1ccccc1. The van der Waals surface area contributed by atoms with Gasteiger partial charge in [-0.15, -0.1) is 10.2 Å². The van der Waals surface area contributed by atoms with Gasteiger partial charge in [-0.1, -0.05) is 30.3 Å². The summed E-state index contributed by atoms with van der Waals surface area (Å²) in [7, 11) is 0. The maximum atomic E-state index is 3.83. The first kappa shape index (κ1) is 6.22. The van der Waals surface area contributed by atoms with Gasteiger partial charge in [0.2, 0.25) is 0 Å². The molecule has 1 radical (unpaired) electrons. The third kappa shape index (κ3) is 1.17. The van der Waals surface area contributed by atoms with E-state index in [1.54, 1.807) is 6.21 Å².